The number of hydrogen-bond acceptors (Lipinski definition) is 10. The van der Waals surface area contributed by atoms with Gasteiger partial charge in [0.05, 0.1) is 29.2 Å². The Balaban J connectivity index is 1.80. The van der Waals surface area contributed by atoms with Gasteiger partial charge in [0.15, 0.2) is 0 Å². The van der Waals surface area contributed by atoms with Gasteiger partial charge in [0.1, 0.15) is 17.1 Å². The standard InChI is InChI=1S/C42H59N3O9S/c1-7-21-45(55(50,51)32-18-15-30(16-19-32)43-28(3)48)38-27-36(44-54-41(4,5)6)34-25-29(13-9-11-22-46)33(14-10-12-23-47)39-35-26-31(49)17-20-37(35)53-42(38,40(34)39)52-24-8-2/h8,15-20,25-26,29,33,38-40,46-47,49H,2,7,9-14,21-24,27H2,1,3-6H3,(H,43,48). The Bertz CT molecular complexity index is 1820. The number of nitrogens with zero attached hydrogens (tertiary/aromatic N) is 2. The van der Waals surface area contributed by atoms with Crippen molar-refractivity contribution in [2.75, 3.05) is 31.7 Å². The molecular formula is C42H59N3O9S. The Kier molecular flexibility index (Phi) is 13.9. The summed E-state index contributed by atoms with van der Waals surface area (Å²) in [5.41, 5.74) is 2.07. The summed E-state index contributed by atoms with van der Waals surface area (Å²) in [5.74, 6) is -2.15. The number of aromatic hydroxyl groups is 1. The number of phenols is 1. The number of hydrogen-bond donors (Lipinski definition) is 4. The van der Waals surface area contributed by atoms with Gasteiger partial charge in [-0.1, -0.05) is 37.1 Å². The Morgan fingerprint density at radius 3 is 2.40 bits per heavy atom. The number of anilines is 1. The van der Waals surface area contributed by atoms with Gasteiger partial charge in [0, 0.05) is 50.3 Å². The summed E-state index contributed by atoms with van der Waals surface area (Å²) >= 11 is 0. The van der Waals surface area contributed by atoms with Gasteiger partial charge in [-0.2, -0.15) is 4.31 Å². The second-order valence-corrected chi connectivity index (χ2v) is 17.7. The number of amides is 1. The number of unbranched alkanes of at least 4 members (excludes halogenated alkanes) is 2. The second-order valence-electron chi connectivity index (χ2n) is 15.8. The smallest absolute Gasteiger partial charge is 0.243 e. The van der Waals surface area contributed by atoms with Crippen LogP contribution >= 0.6 is 0 Å². The first-order chi connectivity index (χ1) is 26.2. The summed E-state index contributed by atoms with van der Waals surface area (Å²) in [6.07, 6.45) is 8.81. The molecule has 13 heteroatoms. The first kappa shape index (κ1) is 42.4. The van der Waals surface area contributed by atoms with E-state index in [2.05, 4.69) is 18.0 Å². The van der Waals surface area contributed by atoms with Crippen LogP contribution in [0.2, 0.25) is 0 Å². The van der Waals surface area contributed by atoms with Gasteiger partial charge in [-0.15, -0.1) is 6.58 Å². The van der Waals surface area contributed by atoms with Crippen LogP contribution in [0.15, 0.2) is 76.8 Å². The van der Waals surface area contributed by atoms with Crippen molar-refractivity contribution in [2.24, 2.45) is 22.9 Å². The van der Waals surface area contributed by atoms with Gasteiger partial charge in [-0.3, -0.25) is 4.79 Å². The van der Waals surface area contributed by atoms with Crippen molar-refractivity contribution in [3.8, 4) is 11.5 Å². The number of nitrogens with one attached hydrogen (secondary N) is 1. The number of carbonyl (C=O) groups excluding carboxylic acids is 1. The number of ether oxygens (including phenoxy) is 2. The zero-order chi connectivity index (χ0) is 40.0. The maximum Gasteiger partial charge on any atom is 0.243 e. The summed E-state index contributed by atoms with van der Waals surface area (Å²) in [4.78, 5) is 17.9. The van der Waals surface area contributed by atoms with Crippen molar-refractivity contribution in [1.82, 2.24) is 4.31 Å². The molecule has 0 spiro atoms. The predicted molar refractivity (Wildman–Crippen MR) is 212 cm³/mol. The number of sulfonamides is 1. The molecule has 1 saturated carbocycles. The fraction of sp³-hybridized carbons (Fsp3) is 0.571. The lowest BCUT2D eigenvalue weighted by Gasteiger charge is -2.59. The highest BCUT2D eigenvalue weighted by Crippen LogP contribution is 2.62. The highest BCUT2D eigenvalue weighted by molar-refractivity contribution is 7.89. The summed E-state index contributed by atoms with van der Waals surface area (Å²) in [5, 5.41) is 38.0. The van der Waals surface area contributed by atoms with Crippen LogP contribution in [-0.4, -0.2) is 83.5 Å². The van der Waals surface area contributed by atoms with Crippen LogP contribution < -0.4 is 10.1 Å². The monoisotopic (exact) mass is 781 g/mol. The third kappa shape index (κ3) is 9.28. The van der Waals surface area contributed by atoms with E-state index in [9.17, 15) is 28.5 Å². The molecule has 6 atom stereocenters. The van der Waals surface area contributed by atoms with Gasteiger partial charge >= 0.3 is 0 Å². The molecule has 0 bridgehead atoms. The Labute approximate surface area is 326 Å². The lowest BCUT2D eigenvalue weighted by Crippen LogP contribution is -2.70. The summed E-state index contributed by atoms with van der Waals surface area (Å²) < 4.78 is 45.5. The molecule has 2 aromatic carbocycles. The van der Waals surface area contributed by atoms with E-state index in [-0.39, 0.29) is 67.1 Å². The molecule has 12 nitrogen and oxygen atoms in total. The van der Waals surface area contributed by atoms with Crippen LogP contribution in [0.4, 0.5) is 5.69 Å². The summed E-state index contributed by atoms with van der Waals surface area (Å²) in [7, 11) is -4.23. The number of fused-ring (bicyclic) bond motifs is 2. The normalized spacial score (nSPS) is 25.4. The number of oxime groups is 1. The van der Waals surface area contributed by atoms with E-state index in [1.807, 2.05) is 27.7 Å². The summed E-state index contributed by atoms with van der Waals surface area (Å²) in [6, 6.07) is 10.2. The van der Waals surface area contributed by atoms with E-state index in [0.717, 1.165) is 36.8 Å². The van der Waals surface area contributed by atoms with Crippen LogP contribution in [0.3, 0.4) is 0 Å². The predicted octanol–water partition coefficient (Wildman–Crippen LogP) is 6.88. The molecule has 1 fully saturated rings. The van der Waals surface area contributed by atoms with Crippen LogP contribution in [-0.2, 0) is 24.4 Å². The van der Waals surface area contributed by atoms with Gasteiger partial charge in [-0.05, 0) is 113 Å². The Hall–Kier alpha value is -3.75. The molecule has 55 heavy (non-hydrogen) atoms. The molecule has 4 N–H and O–H groups in total. The molecule has 3 aliphatic rings. The van der Waals surface area contributed by atoms with E-state index < -0.39 is 33.4 Å². The highest BCUT2D eigenvalue weighted by Gasteiger charge is 2.66. The maximum atomic E-state index is 15.0. The van der Waals surface area contributed by atoms with E-state index in [1.54, 1.807) is 36.4 Å². The van der Waals surface area contributed by atoms with Gasteiger partial charge in [-0.25, -0.2) is 8.42 Å². The maximum absolute atomic E-state index is 15.0. The highest BCUT2D eigenvalue weighted by atomic mass is 32.2. The first-order valence-corrected chi connectivity index (χ1v) is 21.0. The number of rotatable bonds is 18. The molecule has 1 amide bonds. The van der Waals surface area contributed by atoms with Crippen molar-refractivity contribution in [1.29, 1.82) is 0 Å². The van der Waals surface area contributed by atoms with Crippen molar-refractivity contribution in [2.45, 2.75) is 114 Å². The van der Waals surface area contributed by atoms with E-state index in [4.69, 9.17) is 19.5 Å². The molecule has 0 radical (unpaired) electrons. The van der Waals surface area contributed by atoms with E-state index >= 15 is 0 Å². The van der Waals surface area contributed by atoms with Gasteiger partial charge in [0.25, 0.3) is 0 Å². The van der Waals surface area contributed by atoms with Crippen molar-refractivity contribution in [3.63, 3.8) is 0 Å². The molecule has 302 valence electrons. The van der Waals surface area contributed by atoms with Gasteiger partial charge in [0.2, 0.25) is 21.7 Å². The minimum absolute atomic E-state index is 0.0174. The molecule has 0 saturated heterocycles. The number of aliphatic hydroxyl groups is 2. The molecule has 0 aromatic heterocycles. The number of phenolic OH excluding ortho intramolecular Hbond substituents is 1. The minimum Gasteiger partial charge on any atom is -0.508 e. The molecule has 1 aliphatic heterocycles. The fourth-order valence-corrected chi connectivity index (χ4v) is 10.3. The van der Waals surface area contributed by atoms with Crippen molar-refractivity contribution < 1.29 is 42.8 Å². The molecule has 1 heterocycles. The van der Waals surface area contributed by atoms with E-state index in [0.29, 0.717) is 36.4 Å². The van der Waals surface area contributed by atoms with Crippen LogP contribution in [0.25, 0.3) is 0 Å². The zero-order valence-corrected chi connectivity index (χ0v) is 33.7. The largest absolute Gasteiger partial charge is 0.508 e. The first-order valence-electron chi connectivity index (χ1n) is 19.6. The number of carbonyl (C=O) groups is 1. The zero-order valence-electron chi connectivity index (χ0n) is 32.9. The minimum atomic E-state index is -4.23. The summed E-state index contributed by atoms with van der Waals surface area (Å²) in [6.45, 7) is 13.3. The number of aliphatic hydroxyl groups excluding tert-OH is 2. The number of allylic oxidation sites excluding steroid dienone is 1. The molecule has 5 rings (SSSR count). The Morgan fingerprint density at radius 2 is 1.78 bits per heavy atom. The average molecular weight is 782 g/mol. The lowest BCUT2D eigenvalue weighted by molar-refractivity contribution is -0.251. The molecule has 6 unspecified atom stereocenters. The quantitative estimate of drug-likeness (QED) is 0.0716. The Morgan fingerprint density at radius 1 is 1.09 bits per heavy atom. The fourth-order valence-electron chi connectivity index (χ4n) is 8.54. The van der Waals surface area contributed by atoms with Crippen molar-refractivity contribution in [3.05, 3.63) is 72.3 Å². The van der Waals surface area contributed by atoms with Crippen molar-refractivity contribution >= 4 is 27.3 Å². The average Bonchev–Trinajstić information content (AvgIpc) is 3.13. The van der Waals surface area contributed by atoms with Gasteiger partial charge < -0.3 is 34.9 Å². The van der Waals surface area contributed by atoms with E-state index in [1.165, 1.54) is 23.4 Å². The van der Waals surface area contributed by atoms with Crippen LogP contribution in [0, 0.1) is 17.8 Å². The van der Waals surface area contributed by atoms with Crippen LogP contribution in [0.5, 0.6) is 11.5 Å². The third-order valence-electron chi connectivity index (χ3n) is 10.7. The molecule has 2 aromatic rings. The SMILES string of the molecule is C=CCOC12Oc3ccc(O)cc3C3C(CCCCO)C(CCCCO)C=C(C(=NOC(C)(C)C)CC1N(CCC)S(=O)(=O)c1ccc(NC(C)=O)cc1)C32. The second kappa shape index (κ2) is 18.0. The number of benzene rings is 2. The molecular weight excluding hydrogens is 723 g/mol. The molecule has 2 aliphatic carbocycles. The lowest BCUT2D eigenvalue weighted by atomic mass is 9.55. The topological polar surface area (TPSA) is 167 Å². The third-order valence-corrected chi connectivity index (χ3v) is 12.6. The van der Waals surface area contributed by atoms with Crippen LogP contribution in [0.1, 0.15) is 97.5 Å².